The first kappa shape index (κ1) is 26.4. The largest absolute Gasteiger partial charge is 0.388 e. The molecular weight excluding hydrogens is 532 g/mol. The number of carbonyl (C=O) groups is 1. The van der Waals surface area contributed by atoms with Crippen LogP contribution in [0.2, 0.25) is 0 Å². The lowest BCUT2D eigenvalue weighted by Crippen LogP contribution is -2.58. The molecule has 0 saturated heterocycles. The number of benzene rings is 1. The van der Waals surface area contributed by atoms with Crippen molar-refractivity contribution in [1.82, 2.24) is 15.1 Å². The van der Waals surface area contributed by atoms with Crippen LogP contribution < -0.4 is 16.2 Å². The van der Waals surface area contributed by atoms with Crippen molar-refractivity contribution in [3.63, 3.8) is 0 Å². The van der Waals surface area contributed by atoms with Crippen molar-refractivity contribution in [3.8, 4) is 5.69 Å². The summed E-state index contributed by atoms with van der Waals surface area (Å²) >= 11 is 3.51. The monoisotopic (exact) mass is 570 g/mol. The first-order valence-electron chi connectivity index (χ1n) is 13.7. The van der Waals surface area contributed by atoms with Gasteiger partial charge in [-0.15, -0.1) is 0 Å². The van der Waals surface area contributed by atoms with Crippen molar-refractivity contribution in [3.05, 3.63) is 50.9 Å². The van der Waals surface area contributed by atoms with Crippen LogP contribution in [-0.4, -0.2) is 39.0 Å². The molecule has 4 atom stereocenters. The zero-order chi connectivity index (χ0) is 26.4. The van der Waals surface area contributed by atoms with E-state index in [-0.39, 0.29) is 18.0 Å². The van der Waals surface area contributed by atoms with E-state index in [1.807, 2.05) is 0 Å². The minimum absolute atomic E-state index is 0.235. The van der Waals surface area contributed by atoms with Gasteiger partial charge in [0.05, 0.1) is 23.2 Å². The van der Waals surface area contributed by atoms with E-state index in [4.69, 9.17) is 0 Å². The van der Waals surface area contributed by atoms with Gasteiger partial charge in [-0.05, 0) is 83.0 Å². The van der Waals surface area contributed by atoms with Crippen LogP contribution in [0.3, 0.4) is 0 Å². The maximum atomic E-state index is 13.3. The average Bonchev–Trinajstić information content (AvgIpc) is 3.11. The quantitative estimate of drug-likeness (QED) is 0.410. The number of aromatic nitrogens is 2. The second kappa shape index (κ2) is 10.2. The van der Waals surface area contributed by atoms with Gasteiger partial charge in [-0.25, -0.2) is 0 Å². The van der Waals surface area contributed by atoms with Crippen molar-refractivity contribution >= 4 is 27.5 Å². The molecule has 4 aliphatic rings. The van der Waals surface area contributed by atoms with Crippen LogP contribution in [0, 0.1) is 23.2 Å². The molecule has 4 saturated carbocycles. The molecule has 0 spiro atoms. The Hall–Kier alpha value is -2.19. The highest BCUT2D eigenvalue weighted by Crippen LogP contribution is 2.61. The number of nitrogens with one attached hydrogen (secondary N) is 2. The Morgan fingerprint density at radius 1 is 1.19 bits per heavy atom. The van der Waals surface area contributed by atoms with E-state index in [0.717, 1.165) is 38.0 Å². The number of aliphatic hydroxyl groups is 1. The van der Waals surface area contributed by atoms with Crippen LogP contribution >= 0.6 is 15.9 Å². The van der Waals surface area contributed by atoms with E-state index in [1.54, 1.807) is 30.5 Å². The molecule has 4 fully saturated rings. The highest BCUT2D eigenvalue weighted by molar-refractivity contribution is 9.10. The molecule has 0 radical (unpaired) electrons. The van der Waals surface area contributed by atoms with E-state index >= 15 is 0 Å². The third kappa shape index (κ3) is 5.11. The van der Waals surface area contributed by atoms with Gasteiger partial charge in [-0.2, -0.15) is 9.78 Å². The van der Waals surface area contributed by atoms with Crippen LogP contribution in [-0.2, 0) is 0 Å². The molecule has 1 heterocycles. The van der Waals surface area contributed by atoms with Gasteiger partial charge >= 0.3 is 0 Å². The third-order valence-corrected chi connectivity index (χ3v) is 10.3. The molecule has 4 aliphatic carbocycles. The summed E-state index contributed by atoms with van der Waals surface area (Å²) in [5, 5.41) is 21.8. The topological polar surface area (TPSA) is 96.2 Å². The van der Waals surface area contributed by atoms with Gasteiger partial charge in [0.1, 0.15) is 4.47 Å². The third-order valence-electron chi connectivity index (χ3n) is 9.58. The van der Waals surface area contributed by atoms with Gasteiger partial charge in [-0.1, -0.05) is 52.5 Å². The molecule has 37 heavy (non-hydrogen) atoms. The maximum absolute atomic E-state index is 13.3. The Bertz CT molecular complexity index is 1220. The Balaban J connectivity index is 1.29. The second-order valence-corrected chi connectivity index (χ2v) is 13.0. The van der Waals surface area contributed by atoms with E-state index in [2.05, 4.69) is 52.4 Å². The fraction of sp³-hybridized carbons (Fsp3) is 0.621. The van der Waals surface area contributed by atoms with Crippen molar-refractivity contribution in [1.29, 1.82) is 0 Å². The van der Waals surface area contributed by atoms with E-state index in [9.17, 15) is 14.7 Å². The summed E-state index contributed by atoms with van der Waals surface area (Å²) in [6.45, 7) is 7.31. The van der Waals surface area contributed by atoms with Gasteiger partial charge in [0.25, 0.3) is 11.5 Å². The standard InChI is InChI=1S/C29H39BrN4O3/c1-18-22-14-20(28(22,2)3)15-23(18)33-24-16-32-34(27(36)25(24)30)21-10-8-9-19(13-21)26(35)31-17-29(37)11-6-4-5-7-12-29/h8-10,13,16,18,20,22-23,33,37H,4-7,11-12,14-15,17H2,1-3H3,(H,31,35)/t18-,20+,22-,23-/m1/s1. The number of anilines is 1. The molecule has 0 aliphatic heterocycles. The number of hydrogen-bond donors (Lipinski definition) is 3. The number of carbonyl (C=O) groups excluding carboxylic acids is 1. The molecule has 200 valence electrons. The van der Waals surface area contributed by atoms with Gasteiger partial charge in [0.15, 0.2) is 0 Å². The highest BCUT2D eigenvalue weighted by Gasteiger charge is 2.56. The Morgan fingerprint density at radius 2 is 1.92 bits per heavy atom. The first-order valence-corrected chi connectivity index (χ1v) is 14.5. The molecular formula is C29H39BrN4O3. The lowest BCUT2D eigenvalue weighted by Gasteiger charge is -2.62. The number of halogens is 1. The van der Waals surface area contributed by atoms with Crippen LogP contribution in [0.25, 0.3) is 5.69 Å². The predicted octanol–water partition coefficient (Wildman–Crippen LogP) is 5.29. The molecule has 1 aromatic heterocycles. The SMILES string of the molecule is C[C@@H]1[C@H]2C[C@@H](C[C@H]1Nc1cnn(-c3cccc(C(=O)NCC4(O)CCCCCC4)c3)c(=O)c1Br)C2(C)C. The van der Waals surface area contributed by atoms with Crippen molar-refractivity contribution in [2.24, 2.45) is 23.2 Å². The van der Waals surface area contributed by atoms with Crippen LogP contribution in [0.15, 0.2) is 39.7 Å². The van der Waals surface area contributed by atoms with Crippen LogP contribution in [0.4, 0.5) is 5.69 Å². The van der Waals surface area contributed by atoms with Crippen LogP contribution in [0.1, 0.15) is 82.5 Å². The van der Waals surface area contributed by atoms with Crippen molar-refractivity contribution in [2.45, 2.75) is 83.8 Å². The Morgan fingerprint density at radius 3 is 2.59 bits per heavy atom. The van der Waals surface area contributed by atoms with Crippen molar-refractivity contribution in [2.75, 3.05) is 11.9 Å². The summed E-state index contributed by atoms with van der Waals surface area (Å²) in [4.78, 5) is 26.1. The second-order valence-electron chi connectivity index (χ2n) is 12.2. The smallest absolute Gasteiger partial charge is 0.287 e. The lowest BCUT2D eigenvalue weighted by molar-refractivity contribution is -0.105. The molecule has 1 aromatic carbocycles. The number of rotatable bonds is 6. The average molecular weight is 572 g/mol. The molecule has 1 amide bonds. The van der Waals surface area contributed by atoms with Gasteiger partial charge < -0.3 is 15.7 Å². The van der Waals surface area contributed by atoms with E-state index in [1.165, 1.54) is 11.1 Å². The molecule has 2 bridgehead atoms. The van der Waals surface area contributed by atoms with Gasteiger partial charge in [0, 0.05) is 18.2 Å². The highest BCUT2D eigenvalue weighted by atomic mass is 79.9. The zero-order valence-electron chi connectivity index (χ0n) is 22.1. The normalized spacial score (nSPS) is 28.0. The van der Waals surface area contributed by atoms with E-state index < -0.39 is 5.60 Å². The zero-order valence-corrected chi connectivity index (χ0v) is 23.7. The summed E-state index contributed by atoms with van der Waals surface area (Å²) < 4.78 is 1.76. The van der Waals surface area contributed by atoms with E-state index in [0.29, 0.717) is 57.5 Å². The predicted molar refractivity (Wildman–Crippen MR) is 149 cm³/mol. The maximum Gasteiger partial charge on any atom is 0.287 e. The fourth-order valence-corrected chi connectivity index (χ4v) is 7.33. The van der Waals surface area contributed by atoms with Gasteiger partial charge in [-0.3, -0.25) is 9.59 Å². The molecule has 6 rings (SSSR count). The summed E-state index contributed by atoms with van der Waals surface area (Å²) in [5.74, 6) is 1.68. The Kier molecular flexibility index (Phi) is 7.26. The first-order chi connectivity index (χ1) is 17.6. The molecule has 3 N–H and O–H groups in total. The summed E-state index contributed by atoms with van der Waals surface area (Å²) in [7, 11) is 0. The minimum atomic E-state index is -0.845. The van der Waals surface area contributed by atoms with Crippen molar-refractivity contribution < 1.29 is 9.90 Å². The molecule has 8 heteroatoms. The van der Waals surface area contributed by atoms with Gasteiger partial charge in [0.2, 0.25) is 0 Å². The number of nitrogens with zero attached hydrogens (tertiary/aromatic N) is 2. The molecule has 2 aromatic rings. The minimum Gasteiger partial charge on any atom is -0.388 e. The van der Waals surface area contributed by atoms with Crippen LogP contribution in [0.5, 0.6) is 0 Å². The summed E-state index contributed by atoms with van der Waals surface area (Å²) in [6, 6.07) is 7.21. The number of amides is 1. The summed E-state index contributed by atoms with van der Waals surface area (Å²) in [5.41, 5.74) is 0.947. The molecule has 7 nitrogen and oxygen atoms in total. The number of fused-ring (bicyclic) bond motifs is 2. The Labute approximate surface area is 227 Å². The fourth-order valence-electron chi connectivity index (χ4n) is 6.95. The number of hydrogen-bond acceptors (Lipinski definition) is 5. The molecule has 0 unspecified atom stereocenters. The lowest BCUT2D eigenvalue weighted by atomic mass is 9.45. The summed E-state index contributed by atoms with van der Waals surface area (Å²) in [6.07, 6.45) is 9.73.